The average Bonchev–Trinajstić information content (AvgIpc) is 2.44. The van der Waals surface area contributed by atoms with Crippen molar-refractivity contribution >= 4 is 15.9 Å². The molecule has 0 aliphatic carbocycles. The zero-order chi connectivity index (χ0) is 16.2. The molecule has 22 heavy (non-hydrogen) atoms. The standard InChI is InChI=1S/C16H21BrF3NO/c1-11-9-12(6-7-21-11)3-2-8-22-13-4-5-15(17)14(10-13)16(18,19)20/h4-5,10-12,21H,2-3,6-9H2,1H3/t11-,12-/m0/s1. The number of alkyl halides is 3. The van der Waals surface area contributed by atoms with E-state index in [0.29, 0.717) is 18.6 Å². The van der Waals surface area contributed by atoms with Crippen molar-refractivity contribution in [2.75, 3.05) is 13.2 Å². The lowest BCUT2D eigenvalue weighted by molar-refractivity contribution is -0.138. The first-order valence-corrected chi connectivity index (χ1v) is 8.38. The quantitative estimate of drug-likeness (QED) is 0.725. The van der Waals surface area contributed by atoms with Crippen LogP contribution in [-0.2, 0) is 6.18 Å². The SMILES string of the molecule is C[C@H]1C[C@@H](CCCOc2ccc(Br)c(C(F)(F)F)c2)CCN1. The molecule has 2 rings (SSSR count). The second-order valence-electron chi connectivity index (χ2n) is 5.88. The Morgan fingerprint density at radius 3 is 2.82 bits per heavy atom. The van der Waals surface area contributed by atoms with Gasteiger partial charge in [-0.2, -0.15) is 13.2 Å². The van der Waals surface area contributed by atoms with Crippen LogP contribution in [0.5, 0.6) is 5.75 Å². The summed E-state index contributed by atoms with van der Waals surface area (Å²) in [5.74, 6) is 0.963. The largest absolute Gasteiger partial charge is 0.494 e. The summed E-state index contributed by atoms with van der Waals surface area (Å²) in [6, 6.07) is 4.55. The molecule has 0 aromatic heterocycles. The van der Waals surface area contributed by atoms with Crippen LogP contribution in [0.3, 0.4) is 0 Å². The zero-order valence-corrected chi connectivity index (χ0v) is 14.1. The third-order valence-electron chi connectivity index (χ3n) is 4.00. The van der Waals surface area contributed by atoms with E-state index < -0.39 is 11.7 Å². The Morgan fingerprint density at radius 2 is 2.14 bits per heavy atom. The van der Waals surface area contributed by atoms with Gasteiger partial charge in [-0.3, -0.25) is 0 Å². The highest BCUT2D eigenvalue weighted by molar-refractivity contribution is 9.10. The molecule has 1 N–H and O–H groups in total. The van der Waals surface area contributed by atoms with Crippen molar-refractivity contribution in [3.63, 3.8) is 0 Å². The van der Waals surface area contributed by atoms with Gasteiger partial charge in [0.1, 0.15) is 5.75 Å². The number of ether oxygens (including phenoxy) is 1. The smallest absolute Gasteiger partial charge is 0.417 e. The molecule has 2 nitrogen and oxygen atoms in total. The molecule has 1 heterocycles. The lowest BCUT2D eigenvalue weighted by Gasteiger charge is -2.27. The summed E-state index contributed by atoms with van der Waals surface area (Å²) >= 11 is 2.92. The van der Waals surface area contributed by atoms with Crippen LogP contribution >= 0.6 is 15.9 Å². The van der Waals surface area contributed by atoms with Crippen molar-refractivity contribution < 1.29 is 17.9 Å². The summed E-state index contributed by atoms with van der Waals surface area (Å²) < 4.78 is 43.9. The minimum Gasteiger partial charge on any atom is -0.494 e. The zero-order valence-electron chi connectivity index (χ0n) is 12.5. The topological polar surface area (TPSA) is 21.3 Å². The van der Waals surface area contributed by atoms with Gasteiger partial charge in [-0.1, -0.05) is 15.9 Å². The van der Waals surface area contributed by atoms with Crippen molar-refractivity contribution in [3.8, 4) is 5.75 Å². The van der Waals surface area contributed by atoms with Gasteiger partial charge in [-0.05, 0) is 63.3 Å². The summed E-state index contributed by atoms with van der Waals surface area (Å²) in [6.07, 6.45) is -0.107. The second kappa shape index (κ2) is 7.68. The summed E-state index contributed by atoms with van der Waals surface area (Å²) in [5, 5.41) is 3.41. The molecule has 1 aliphatic heterocycles. The lowest BCUT2D eigenvalue weighted by Crippen LogP contribution is -2.35. The maximum atomic E-state index is 12.8. The van der Waals surface area contributed by atoms with Gasteiger partial charge >= 0.3 is 6.18 Å². The monoisotopic (exact) mass is 379 g/mol. The van der Waals surface area contributed by atoms with Crippen LogP contribution in [0.2, 0.25) is 0 Å². The molecule has 1 fully saturated rings. The molecule has 1 aliphatic rings. The number of halogens is 4. The summed E-state index contributed by atoms with van der Waals surface area (Å²) in [5.41, 5.74) is -0.697. The lowest BCUT2D eigenvalue weighted by atomic mass is 9.89. The van der Waals surface area contributed by atoms with Crippen LogP contribution in [-0.4, -0.2) is 19.2 Å². The molecular formula is C16H21BrF3NO. The molecule has 0 bridgehead atoms. The van der Waals surface area contributed by atoms with Crippen molar-refractivity contribution in [2.45, 2.75) is 44.8 Å². The Kier molecular flexibility index (Phi) is 6.15. The van der Waals surface area contributed by atoms with Crippen LogP contribution in [0.1, 0.15) is 38.2 Å². The number of benzene rings is 1. The molecule has 2 atom stereocenters. The van der Waals surface area contributed by atoms with Gasteiger partial charge in [-0.25, -0.2) is 0 Å². The van der Waals surface area contributed by atoms with Crippen LogP contribution in [0.25, 0.3) is 0 Å². The predicted octanol–water partition coefficient (Wildman–Crippen LogP) is 5.02. The number of rotatable bonds is 5. The van der Waals surface area contributed by atoms with Crippen molar-refractivity contribution in [1.29, 1.82) is 0 Å². The Labute approximate surface area is 137 Å². The fraction of sp³-hybridized carbons (Fsp3) is 0.625. The molecule has 1 aromatic rings. The van der Waals surface area contributed by atoms with E-state index >= 15 is 0 Å². The highest BCUT2D eigenvalue weighted by Gasteiger charge is 2.33. The first kappa shape index (κ1) is 17.6. The average molecular weight is 380 g/mol. The van der Waals surface area contributed by atoms with E-state index in [1.807, 2.05) is 0 Å². The molecule has 6 heteroatoms. The maximum absolute atomic E-state index is 12.8. The highest BCUT2D eigenvalue weighted by atomic mass is 79.9. The van der Waals surface area contributed by atoms with E-state index in [-0.39, 0.29) is 10.2 Å². The summed E-state index contributed by atoms with van der Waals surface area (Å²) in [6.45, 7) is 3.69. The summed E-state index contributed by atoms with van der Waals surface area (Å²) in [4.78, 5) is 0. The third-order valence-corrected chi connectivity index (χ3v) is 4.69. The van der Waals surface area contributed by atoms with Crippen LogP contribution in [0.15, 0.2) is 22.7 Å². The van der Waals surface area contributed by atoms with Gasteiger partial charge in [0.2, 0.25) is 0 Å². The molecule has 0 saturated carbocycles. The first-order chi connectivity index (χ1) is 10.4. The van der Waals surface area contributed by atoms with Gasteiger partial charge in [-0.15, -0.1) is 0 Å². The fourth-order valence-electron chi connectivity index (χ4n) is 2.87. The molecule has 0 unspecified atom stereocenters. The Balaban J connectivity index is 1.80. The second-order valence-corrected chi connectivity index (χ2v) is 6.73. The highest BCUT2D eigenvalue weighted by Crippen LogP contribution is 2.37. The van der Waals surface area contributed by atoms with Crippen LogP contribution in [0.4, 0.5) is 13.2 Å². The van der Waals surface area contributed by atoms with E-state index in [1.165, 1.54) is 12.5 Å². The minimum atomic E-state index is -4.37. The Morgan fingerprint density at radius 1 is 1.36 bits per heavy atom. The van der Waals surface area contributed by atoms with E-state index in [0.717, 1.165) is 31.9 Å². The number of piperidine rings is 1. The van der Waals surface area contributed by atoms with Crippen molar-refractivity contribution in [1.82, 2.24) is 5.32 Å². The number of hydrogen-bond acceptors (Lipinski definition) is 2. The van der Waals surface area contributed by atoms with Gasteiger partial charge in [0.15, 0.2) is 0 Å². The van der Waals surface area contributed by atoms with Gasteiger partial charge in [0.05, 0.1) is 12.2 Å². The molecule has 0 amide bonds. The molecule has 1 aromatic carbocycles. The molecule has 0 radical (unpaired) electrons. The maximum Gasteiger partial charge on any atom is 0.417 e. The van der Waals surface area contributed by atoms with E-state index in [1.54, 1.807) is 6.07 Å². The molecule has 0 spiro atoms. The molecule has 124 valence electrons. The van der Waals surface area contributed by atoms with E-state index in [9.17, 15) is 13.2 Å². The Hall–Kier alpha value is -0.750. The van der Waals surface area contributed by atoms with Gasteiger partial charge in [0, 0.05) is 10.5 Å². The van der Waals surface area contributed by atoms with Crippen molar-refractivity contribution in [2.24, 2.45) is 5.92 Å². The fourth-order valence-corrected chi connectivity index (χ4v) is 3.34. The Bertz CT molecular complexity index is 493. The van der Waals surface area contributed by atoms with E-state index in [2.05, 4.69) is 28.2 Å². The van der Waals surface area contributed by atoms with Crippen molar-refractivity contribution in [3.05, 3.63) is 28.2 Å². The normalized spacial score (nSPS) is 22.6. The summed E-state index contributed by atoms with van der Waals surface area (Å²) in [7, 11) is 0. The van der Waals surface area contributed by atoms with Gasteiger partial charge < -0.3 is 10.1 Å². The third kappa shape index (κ3) is 5.16. The van der Waals surface area contributed by atoms with Gasteiger partial charge in [0.25, 0.3) is 0 Å². The number of nitrogens with one attached hydrogen (secondary N) is 1. The van der Waals surface area contributed by atoms with E-state index in [4.69, 9.17) is 4.74 Å². The molecule has 1 saturated heterocycles. The van der Waals surface area contributed by atoms with Crippen LogP contribution < -0.4 is 10.1 Å². The number of hydrogen-bond donors (Lipinski definition) is 1. The first-order valence-electron chi connectivity index (χ1n) is 7.59. The molecular weight excluding hydrogens is 359 g/mol. The predicted molar refractivity (Wildman–Crippen MR) is 84.1 cm³/mol. The van der Waals surface area contributed by atoms with Crippen LogP contribution in [0, 0.1) is 5.92 Å². The minimum absolute atomic E-state index is 0.0380.